The van der Waals surface area contributed by atoms with E-state index in [1.807, 2.05) is 11.0 Å². The molecule has 0 radical (unpaired) electrons. The van der Waals surface area contributed by atoms with E-state index in [1.165, 1.54) is 0 Å². The maximum Gasteiger partial charge on any atom is 0.226 e. The molecule has 1 aliphatic rings. The summed E-state index contributed by atoms with van der Waals surface area (Å²) in [6.07, 6.45) is 3.59. The average molecular weight is 276 g/mol. The first-order valence-electron chi connectivity index (χ1n) is 7.48. The summed E-state index contributed by atoms with van der Waals surface area (Å²) in [5.74, 6) is 0.377. The second kappa shape index (κ2) is 7.29. The molecule has 0 unspecified atom stereocenters. The monoisotopic (exact) mass is 276 g/mol. The van der Waals surface area contributed by atoms with Gasteiger partial charge >= 0.3 is 0 Å². The number of nitrogens with one attached hydrogen (secondary N) is 1. The van der Waals surface area contributed by atoms with Gasteiger partial charge in [-0.05, 0) is 43.5 Å². The molecule has 1 aromatic carbocycles. The van der Waals surface area contributed by atoms with Crippen molar-refractivity contribution in [2.45, 2.75) is 38.6 Å². The molecule has 1 aromatic rings. The Bertz CT molecular complexity index is 440. The van der Waals surface area contributed by atoms with Crippen LogP contribution in [0.1, 0.15) is 31.7 Å². The van der Waals surface area contributed by atoms with Crippen molar-refractivity contribution in [1.29, 1.82) is 0 Å². The van der Waals surface area contributed by atoms with E-state index in [0.717, 1.165) is 44.5 Å². The third-order valence-corrected chi connectivity index (χ3v) is 3.80. The van der Waals surface area contributed by atoms with E-state index in [1.54, 1.807) is 18.2 Å². The maximum absolute atomic E-state index is 12.2. The molecule has 0 aliphatic carbocycles. The maximum atomic E-state index is 12.2. The number of hydrogen-bond donors (Lipinski definition) is 2. The second-order valence-corrected chi connectivity index (χ2v) is 5.46. The summed E-state index contributed by atoms with van der Waals surface area (Å²) >= 11 is 0. The highest BCUT2D eigenvalue weighted by Gasteiger charge is 2.22. The van der Waals surface area contributed by atoms with Crippen LogP contribution in [0.3, 0.4) is 0 Å². The molecule has 0 bridgehead atoms. The molecule has 1 heterocycles. The molecule has 0 atom stereocenters. The van der Waals surface area contributed by atoms with Crippen molar-refractivity contribution in [2.75, 3.05) is 19.6 Å². The predicted octanol–water partition coefficient (Wildman–Crippen LogP) is 1.93. The second-order valence-electron chi connectivity index (χ2n) is 5.46. The fraction of sp³-hybridized carbons (Fsp3) is 0.562. The zero-order valence-corrected chi connectivity index (χ0v) is 12.1. The van der Waals surface area contributed by atoms with Gasteiger partial charge in [0.25, 0.3) is 0 Å². The van der Waals surface area contributed by atoms with Gasteiger partial charge < -0.3 is 15.3 Å². The van der Waals surface area contributed by atoms with Crippen LogP contribution in [0.15, 0.2) is 24.3 Å². The Labute approximate surface area is 120 Å². The Morgan fingerprint density at radius 3 is 2.80 bits per heavy atom. The van der Waals surface area contributed by atoms with Crippen LogP contribution in [0.5, 0.6) is 5.75 Å². The van der Waals surface area contributed by atoms with E-state index >= 15 is 0 Å². The minimum absolute atomic E-state index is 0.157. The fourth-order valence-electron chi connectivity index (χ4n) is 2.63. The molecule has 1 fully saturated rings. The quantitative estimate of drug-likeness (QED) is 0.864. The van der Waals surface area contributed by atoms with Crippen LogP contribution in [0, 0.1) is 0 Å². The summed E-state index contributed by atoms with van der Waals surface area (Å²) < 4.78 is 0. The predicted molar refractivity (Wildman–Crippen MR) is 79.7 cm³/mol. The minimum atomic E-state index is 0.157. The summed E-state index contributed by atoms with van der Waals surface area (Å²) in [5.41, 5.74) is 0.876. The molecule has 0 spiro atoms. The fourth-order valence-corrected chi connectivity index (χ4v) is 2.63. The first-order valence-corrected chi connectivity index (χ1v) is 7.48. The van der Waals surface area contributed by atoms with Gasteiger partial charge in [0.15, 0.2) is 0 Å². The van der Waals surface area contributed by atoms with E-state index in [9.17, 15) is 9.90 Å². The number of aromatic hydroxyl groups is 1. The van der Waals surface area contributed by atoms with Gasteiger partial charge in [-0.2, -0.15) is 0 Å². The SMILES string of the molecule is CCCNC1CCN(C(=O)Cc2cccc(O)c2)CC1. The van der Waals surface area contributed by atoms with Crippen LogP contribution in [0.4, 0.5) is 0 Å². The number of benzene rings is 1. The zero-order valence-electron chi connectivity index (χ0n) is 12.1. The highest BCUT2D eigenvalue weighted by Crippen LogP contribution is 2.15. The van der Waals surface area contributed by atoms with Crippen molar-refractivity contribution < 1.29 is 9.90 Å². The lowest BCUT2D eigenvalue weighted by Gasteiger charge is -2.32. The Balaban J connectivity index is 1.80. The number of carbonyl (C=O) groups excluding carboxylic acids is 1. The van der Waals surface area contributed by atoms with Crippen LogP contribution in [0.2, 0.25) is 0 Å². The lowest BCUT2D eigenvalue weighted by Crippen LogP contribution is -2.45. The number of nitrogens with zero attached hydrogens (tertiary/aromatic N) is 1. The molecule has 0 aromatic heterocycles. The average Bonchev–Trinajstić information content (AvgIpc) is 2.45. The molecular formula is C16H24N2O2. The highest BCUT2D eigenvalue weighted by molar-refractivity contribution is 5.79. The van der Waals surface area contributed by atoms with Crippen molar-refractivity contribution in [3.05, 3.63) is 29.8 Å². The normalized spacial score (nSPS) is 16.4. The van der Waals surface area contributed by atoms with Gasteiger partial charge in [-0.3, -0.25) is 4.79 Å². The summed E-state index contributed by atoms with van der Waals surface area (Å²) in [6, 6.07) is 7.50. The van der Waals surface area contributed by atoms with Gasteiger partial charge in [0.1, 0.15) is 5.75 Å². The molecule has 4 heteroatoms. The molecule has 4 nitrogen and oxygen atoms in total. The molecule has 2 N–H and O–H groups in total. The largest absolute Gasteiger partial charge is 0.508 e. The number of piperidine rings is 1. The number of likely N-dealkylation sites (tertiary alicyclic amines) is 1. The number of hydrogen-bond acceptors (Lipinski definition) is 3. The molecule has 1 saturated heterocycles. The van der Waals surface area contributed by atoms with Crippen molar-refractivity contribution in [3.63, 3.8) is 0 Å². The third-order valence-electron chi connectivity index (χ3n) is 3.80. The van der Waals surface area contributed by atoms with Gasteiger partial charge in [0, 0.05) is 19.1 Å². The Kier molecular flexibility index (Phi) is 5.41. The van der Waals surface area contributed by atoms with Gasteiger partial charge in [0.2, 0.25) is 5.91 Å². The molecule has 110 valence electrons. The number of phenolic OH excluding ortho intramolecular Hbond substituents is 1. The van der Waals surface area contributed by atoms with E-state index < -0.39 is 0 Å². The number of carbonyl (C=O) groups is 1. The minimum Gasteiger partial charge on any atom is -0.508 e. The number of rotatable bonds is 5. The van der Waals surface area contributed by atoms with Gasteiger partial charge in [0.05, 0.1) is 6.42 Å². The third kappa shape index (κ3) is 4.23. The standard InChI is InChI=1S/C16H24N2O2/c1-2-8-17-14-6-9-18(10-7-14)16(20)12-13-4-3-5-15(19)11-13/h3-5,11,14,17,19H,2,6-10,12H2,1H3. The van der Waals surface area contributed by atoms with Crippen molar-refractivity contribution in [1.82, 2.24) is 10.2 Å². The van der Waals surface area contributed by atoms with Crippen LogP contribution in [-0.4, -0.2) is 41.6 Å². The molecule has 1 aliphatic heterocycles. The van der Waals surface area contributed by atoms with E-state index in [4.69, 9.17) is 0 Å². The first kappa shape index (κ1) is 14.9. The topological polar surface area (TPSA) is 52.6 Å². The molecule has 2 rings (SSSR count). The smallest absolute Gasteiger partial charge is 0.226 e. The molecular weight excluding hydrogens is 252 g/mol. The Morgan fingerprint density at radius 1 is 1.40 bits per heavy atom. The molecule has 20 heavy (non-hydrogen) atoms. The van der Waals surface area contributed by atoms with E-state index in [0.29, 0.717) is 12.5 Å². The van der Waals surface area contributed by atoms with Crippen molar-refractivity contribution >= 4 is 5.91 Å². The van der Waals surface area contributed by atoms with Gasteiger partial charge in [-0.15, -0.1) is 0 Å². The lowest BCUT2D eigenvalue weighted by atomic mass is 10.0. The van der Waals surface area contributed by atoms with Gasteiger partial charge in [-0.1, -0.05) is 19.1 Å². The highest BCUT2D eigenvalue weighted by atomic mass is 16.3. The summed E-state index contributed by atoms with van der Waals surface area (Å²) in [7, 11) is 0. The number of phenols is 1. The van der Waals surface area contributed by atoms with Crippen molar-refractivity contribution in [3.8, 4) is 5.75 Å². The molecule has 1 amide bonds. The van der Waals surface area contributed by atoms with Crippen LogP contribution in [-0.2, 0) is 11.2 Å². The number of amides is 1. The van der Waals surface area contributed by atoms with Gasteiger partial charge in [-0.25, -0.2) is 0 Å². The molecule has 0 saturated carbocycles. The van der Waals surface area contributed by atoms with Crippen LogP contribution >= 0.6 is 0 Å². The summed E-state index contributed by atoms with van der Waals surface area (Å²) in [6.45, 7) is 4.89. The van der Waals surface area contributed by atoms with E-state index in [2.05, 4.69) is 12.2 Å². The van der Waals surface area contributed by atoms with Crippen molar-refractivity contribution in [2.24, 2.45) is 0 Å². The first-order chi connectivity index (χ1) is 9.69. The lowest BCUT2D eigenvalue weighted by molar-refractivity contribution is -0.131. The Hall–Kier alpha value is -1.55. The summed E-state index contributed by atoms with van der Waals surface area (Å²) in [4.78, 5) is 14.2. The summed E-state index contributed by atoms with van der Waals surface area (Å²) in [5, 5.41) is 12.9. The Morgan fingerprint density at radius 2 is 2.15 bits per heavy atom. The zero-order chi connectivity index (χ0) is 14.4. The van der Waals surface area contributed by atoms with E-state index in [-0.39, 0.29) is 11.7 Å². The van der Waals surface area contributed by atoms with Crippen LogP contribution < -0.4 is 5.32 Å². The van der Waals surface area contributed by atoms with Crippen LogP contribution in [0.25, 0.3) is 0 Å².